The number of aliphatic hydroxyl groups excluding tert-OH is 1. The number of carbonyl (C=O) groups excluding carboxylic acids is 1. The lowest BCUT2D eigenvalue weighted by Crippen LogP contribution is -2.45. The fraction of sp³-hybridized carbons (Fsp3) is 0.533. The fourth-order valence-corrected chi connectivity index (χ4v) is 3.04. The second-order valence-electron chi connectivity index (χ2n) is 5.22. The Hall–Kier alpha value is -1.43. The molecule has 1 saturated heterocycles. The summed E-state index contributed by atoms with van der Waals surface area (Å²) in [7, 11) is 0. The van der Waals surface area contributed by atoms with Crippen molar-refractivity contribution in [3.05, 3.63) is 35.9 Å². The van der Waals surface area contributed by atoms with E-state index in [1.165, 1.54) is 0 Å². The summed E-state index contributed by atoms with van der Waals surface area (Å²) in [6, 6.07) is 9.73. The predicted octanol–water partition coefficient (Wildman–Crippen LogP) is 0.954. The first kappa shape index (κ1) is 15.0. The van der Waals surface area contributed by atoms with E-state index in [4.69, 9.17) is 10.9 Å². The van der Waals surface area contributed by atoms with Crippen molar-refractivity contribution in [2.24, 2.45) is 5.84 Å². The first-order valence-corrected chi connectivity index (χ1v) is 7.20. The van der Waals surface area contributed by atoms with Gasteiger partial charge in [0.15, 0.2) is 0 Å². The zero-order chi connectivity index (χ0) is 14.4. The van der Waals surface area contributed by atoms with Gasteiger partial charge in [-0.1, -0.05) is 30.3 Å². The molecular weight excluding hydrogens is 254 g/mol. The molecule has 2 atom stereocenters. The number of likely N-dealkylation sites (tertiary alicyclic amines) is 1. The van der Waals surface area contributed by atoms with Gasteiger partial charge >= 0.3 is 0 Å². The normalized spacial score (nSPS) is 20.8. The molecular formula is C15H23N3O2. The summed E-state index contributed by atoms with van der Waals surface area (Å²) in [5, 5.41) is 9.01. The van der Waals surface area contributed by atoms with Crippen LogP contribution in [0.15, 0.2) is 30.3 Å². The number of hydrazine groups is 1. The molecule has 0 spiro atoms. The Labute approximate surface area is 119 Å². The molecule has 0 saturated carbocycles. The summed E-state index contributed by atoms with van der Waals surface area (Å²) < 4.78 is 0. The Kier molecular flexibility index (Phi) is 5.52. The van der Waals surface area contributed by atoms with E-state index in [1.54, 1.807) is 0 Å². The van der Waals surface area contributed by atoms with E-state index in [1.807, 2.05) is 30.3 Å². The maximum atomic E-state index is 12.2. The number of hydrogen-bond donors (Lipinski definition) is 3. The highest BCUT2D eigenvalue weighted by Gasteiger charge is 2.35. The van der Waals surface area contributed by atoms with Gasteiger partial charge in [-0.15, -0.1) is 0 Å². The zero-order valence-corrected chi connectivity index (χ0v) is 11.7. The molecule has 5 nitrogen and oxygen atoms in total. The molecule has 1 aliphatic heterocycles. The number of benzene rings is 1. The molecule has 0 bridgehead atoms. The van der Waals surface area contributed by atoms with Crippen LogP contribution in [0.1, 0.15) is 37.3 Å². The Balaban J connectivity index is 2.20. The largest absolute Gasteiger partial charge is 0.396 e. The Bertz CT molecular complexity index is 424. The van der Waals surface area contributed by atoms with Crippen molar-refractivity contribution < 1.29 is 9.90 Å². The van der Waals surface area contributed by atoms with E-state index in [-0.39, 0.29) is 18.6 Å². The molecule has 2 rings (SSSR count). The average Bonchev–Trinajstić information content (AvgIpc) is 2.94. The molecule has 0 aliphatic carbocycles. The number of amides is 1. The topological polar surface area (TPSA) is 78.6 Å². The van der Waals surface area contributed by atoms with Crippen LogP contribution in [0.25, 0.3) is 0 Å². The van der Waals surface area contributed by atoms with Crippen molar-refractivity contribution in [3.63, 3.8) is 0 Å². The van der Waals surface area contributed by atoms with Crippen molar-refractivity contribution >= 4 is 5.91 Å². The smallest absolute Gasteiger partial charge is 0.255 e. The summed E-state index contributed by atoms with van der Waals surface area (Å²) >= 11 is 0. The molecule has 2 unspecified atom stereocenters. The van der Waals surface area contributed by atoms with Crippen LogP contribution in [-0.2, 0) is 4.79 Å². The molecule has 1 aromatic rings. The summed E-state index contributed by atoms with van der Waals surface area (Å²) in [6.45, 7) is 1.09. The third-order valence-electron chi connectivity index (χ3n) is 3.96. The van der Waals surface area contributed by atoms with Gasteiger partial charge in [-0.05, 0) is 37.8 Å². The number of nitrogens with two attached hydrogens (primary N) is 1. The lowest BCUT2D eigenvalue weighted by Gasteiger charge is -2.32. The zero-order valence-electron chi connectivity index (χ0n) is 11.7. The third-order valence-corrected chi connectivity index (χ3v) is 3.96. The van der Waals surface area contributed by atoms with Gasteiger partial charge in [0.2, 0.25) is 0 Å². The molecule has 1 aliphatic rings. The Morgan fingerprint density at radius 3 is 2.85 bits per heavy atom. The van der Waals surface area contributed by atoms with Gasteiger partial charge in [-0.25, -0.2) is 5.84 Å². The Morgan fingerprint density at radius 2 is 2.20 bits per heavy atom. The van der Waals surface area contributed by atoms with Crippen LogP contribution in [0.3, 0.4) is 0 Å². The molecule has 0 radical (unpaired) electrons. The Morgan fingerprint density at radius 1 is 1.45 bits per heavy atom. The van der Waals surface area contributed by atoms with E-state index in [9.17, 15) is 4.79 Å². The van der Waals surface area contributed by atoms with Crippen molar-refractivity contribution in [1.82, 2.24) is 10.3 Å². The van der Waals surface area contributed by atoms with Gasteiger partial charge in [0.1, 0.15) is 6.04 Å². The van der Waals surface area contributed by atoms with Crippen molar-refractivity contribution in [3.8, 4) is 0 Å². The highest BCUT2D eigenvalue weighted by Crippen LogP contribution is 2.31. The number of hydrogen-bond acceptors (Lipinski definition) is 4. The number of nitrogens with zero attached hydrogens (tertiary/aromatic N) is 1. The molecule has 1 heterocycles. The summed E-state index contributed by atoms with van der Waals surface area (Å²) in [5.74, 6) is 5.18. The third kappa shape index (κ3) is 3.36. The van der Waals surface area contributed by atoms with Crippen molar-refractivity contribution in [2.45, 2.75) is 37.8 Å². The summed E-state index contributed by atoms with van der Waals surface area (Å²) in [6.07, 6.45) is 3.84. The van der Waals surface area contributed by atoms with Crippen LogP contribution in [0.5, 0.6) is 0 Å². The number of carbonyl (C=O) groups is 1. The standard InChI is InChI=1S/C15H23N3O2/c16-17-15(20)14(12-6-2-1-3-7-12)18-10-4-8-13(18)9-5-11-19/h1-3,6-7,13-14,19H,4-5,8-11,16H2,(H,17,20). The van der Waals surface area contributed by atoms with Gasteiger partial charge in [0.05, 0.1) is 0 Å². The first-order valence-electron chi connectivity index (χ1n) is 7.20. The fourth-order valence-electron chi connectivity index (χ4n) is 3.04. The predicted molar refractivity (Wildman–Crippen MR) is 77.6 cm³/mol. The van der Waals surface area contributed by atoms with Crippen molar-refractivity contribution in [2.75, 3.05) is 13.2 Å². The van der Waals surface area contributed by atoms with E-state index in [0.717, 1.165) is 37.8 Å². The van der Waals surface area contributed by atoms with E-state index < -0.39 is 0 Å². The molecule has 20 heavy (non-hydrogen) atoms. The van der Waals surface area contributed by atoms with Crippen LogP contribution in [0.2, 0.25) is 0 Å². The van der Waals surface area contributed by atoms with Gasteiger partial charge in [-0.3, -0.25) is 15.1 Å². The molecule has 1 aromatic carbocycles. The number of nitrogens with one attached hydrogen (secondary N) is 1. The van der Waals surface area contributed by atoms with Gasteiger partial charge in [0, 0.05) is 12.6 Å². The summed E-state index contributed by atoms with van der Waals surface area (Å²) in [5.41, 5.74) is 3.25. The number of aliphatic hydroxyl groups is 1. The van der Waals surface area contributed by atoms with Gasteiger partial charge in [-0.2, -0.15) is 0 Å². The average molecular weight is 277 g/mol. The molecule has 1 fully saturated rings. The monoisotopic (exact) mass is 277 g/mol. The molecule has 5 heteroatoms. The second kappa shape index (κ2) is 7.38. The number of rotatable bonds is 6. The van der Waals surface area contributed by atoms with Gasteiger partial charge in [0.25, 0.3) is 5.91 Å². The lowest BCUT2D eigenvalue weighted by molar-refractivity contribution is -0.127. The maximum Gasteiger partial charge on any atom is 0.255 e. The molecule has 110 valence electrons. The van der Waals surface area contributed by atoms with Crippen LogP contribution in [0, 0.1) is 0 Å². The second-order valence-corrected chi connectivity index (χ2v) is 5.22. The highest BCUT2D eigenvalue weighted by molar-refractivity contribution is 5.82. The van der Waals surface area contributed by atoms with E-state index >= 15 is 0 Å². The minimum atomic E-state index is -0.340. The maximum absolute atomic E-state index is 12.2. The van der Waals surface area contributed by atoms with Crippen LogP contribution < -0.4 is 11.3 Å². The van der Waals surface area contributed by atoms with Crippen molar-refractivity contribution in [1.29, 1.82) is 0 Å². The molecule has 1 amide bonds. The highest BCUT2D eigenvalue weighted by atomic mass is 16.3. The summed E-state index contributed by atoms with van der Waals surface area (Å²) in [4.78, 5) is 14.4. The molecule has 4 N–H and O–H groups in total. The quantitative estimate of drug-likeness (QED) is 0.411. The SMILES string of the molecule is NNC(=O)C(c1ccccc1)N1CCCC1CCCO. The van der Waals surface area contributed by atoms with Crippen LogP contribution in [-0.4, -0.2) is 35.1 Å². The lowest BCUT2D eigenvalue weighted by atomic mass is 10.0. The van der Waals surface area contributed by atoms with E-state index in [2.05, 4.69) is 10.3 Å². The minimum Gasteiger partial charge on any atom is -0.396 e. The first-order chi connectivity index (χ1) is 9.77. The minimum absolute atomic E-state index is 0.174. The van der Waals surface area contributed by atoms with Crippen LogP contribution >= 0.6 is 0 Å². The van der Waals surface area contributed by atoms with Gasteiger partial charge < -0.3 is 5.11 Å². The van der Waals surface area contributed by atoms with E-state index in [0.29, 0.717) is 6.04 Å². The van der Waals surface area contributed by atoms with Crippen LogP contribution in [0.4, 0.5) is 0 Å². The molecule has 0 aromatic heterocycles.